The summed E-state index contributed by atoms with van der Waals surface area (Å²) >= 11 is 0. The van der Waals surface area contributed by atoms with Crippen LogP contribution < -0.4 is 10.1 Å². The quantitative estimate of drug-likeness (QED) is 0.327. The number of Topliss-reactive ketones (excluding diaryl/α,β-unsaturated/α-hetero) is 2. The summed E-state index contributed by atoms with van der Waals surface area (Å²) in [5.41, 5.74) is 1.98. The number of nitrogens with zero attached hydrogens (tertiary/aromatic N) is 1. The summed E-state index contributed by atoms with van der Waals surface area (Å²) < 4.78 is 32.5. The van der Waals surface area contributed by atoms with E-state index >= 15 is 0 Å². The van der Waals surface area contributed by atoms with Crippen molar-refractivity contribution in [1.29, 1.82) is 0 Å². The second-order valence-electron chi connectivity index (χ2n) is 11.5. The molecule has 0 spiro atoms. The second-order valence-corrected chi connectivity index (χ2v) is 11.5. The molecule has 2 aliphatic rings. The maximum absolute atomic E-state index is 14.8. The first-order chi connectivity index (χ1) is 19.8. The standard InChI is InChI=1S/C33H42F2N2O4/c1-23(38)17-27(29-18-28(19-30(35)20-29)25-5-7-31(8-6-25)41-16-12-34)21-32(39)26-3-2-15-37(22-26)33(40)9-4-24-10-13-36-14-11-24/h5-8,18-20,24,26-27,36H,2-4,9-17,21-22H2,1H3/t26-,27-/m1/s1. The number of amides is 1. The van der Waals surface area contributed by atoms with Gasteiger partial charge in [-0.2, -0.15) is 0 Å². The van der Waals surface area contributed by atoms with Crippen molar-refractivity contribution in [2.24, 2.45) is 11.8 Å². The fraction of sp³-hybridized carbons (Fsp3) is 0.545. The highest BCUT2D eigenvalue weighted by atomic mass is 19.1. The highest BCUT2D eigenvalue weighted by molar-refractivity contribution is 5.85. The summed E-state index contributed by atoms with van der Waals surface area (Å²) in [6.07, 6.45) is 5.38. The normalized spacial score (nSPS) is 18.6. The van der Waals surface area contributed by atoms with Crippen molar-refractivity contribution >= 4 is 17.5 Å². The molecule has 2 aromatic rings. The lowest BCUT2D eigenvalue weighted by Gasteiger charge is -2.33. The first-order valence-corrected chi connectivity index (χ1v) is 14.9. The van der Waals surface area contributed by atoms with Crippen molar-refractivity contribution in [3.8, 4) is 16.9 Å². The molecular weight excluding hydrogens is 526 g/mol. The summed E-state index contributed by atoms with van der Waals surface area (Å²) in [5, 5.41) is 3.36. The van der Waals surface area contributed by atoms with Crippen LogP contribution in [0.2, 0.25) is 0 Å². The van der Waals surface area contributed by atoms with Crippen molar-refractivity contribution in [3.63, 3.8) is 0 Å². The van der Waals surface area contributed by atoms with E-state index in [1.165, 1.54) is 19.1 Å². The van der Waals surface area contributed by atoms with Crippen molar-refractivity contribution < 1.29 is 27.9 Å². The number of ether oxygens (including phenoxy) is 1. The molecule has 4 rings (SSSR count). The van der Waals surface area contributed by atoms with Gasteiger partial charge in [0.2, 0.25) is 5.91 Å². The molecule has 0 saturated carbocycles. The molecule has 6 nitrogen and oxygen atoms in total. The lowest BCUT2D eigenvalue weighted by molar-refractivity contribution is -0.135. The van der Waals surface area contributed by atoms with Crippen molar-refractivity contribution in [2.75, 3.05) is 39.5 Å². The zero-order chi connectivity index (χ0) is 29.2. The van der Waals surface area contributed by atoms with Crippen molar-refractivity contribution in [3.05, 3.63) is 53.8 Å². The van der Waals surface area contributed by atoms with Gasteiger partial charge in [-0.05, 0) is 105 Å². The molecule has 1 amide bonds. The van der Waals surface area contributed by atoms with Crippen molar-refractivity contribution in [2.45, 2.75) is 64.2 Å². The number of ketones is 2. The lowest BCUT2D eigenvalue weighted by atomic mass is 9.83. The number of hydrogen-bond acceptors (Lipinski definition) is 5. The Morgan fingerprint density at radius 3 is 2.49 bits per heavy atom. The van der Waals surface area contributed by atoms with E-state index in [9.17, 15) is 23.2 Å². The molecule has 0 aliphatic carbocycles. The van der Waals surface area contributed by atoms with Crippen LogP contribution in [0.5, 0.6) is 5.75 Å². The van der Waals surface area contributed by atoms with Crippen LogP contribution >= 0.6 is 0 Å². The Morgan fingerprint density at radius 2 is 1.78 bits per heavy atom. The molecule has 0 unspecified atom stereocenters. The van der Waals surface area contributed by atoms with E-state index in [1.807, 2.05) is 11.0 Å². The predicted octanol–water partition coefficient (Wildman–Crippen LogP) is 5.88. The average molecular weight is 569 g/mol. The Hall–Kier alpha value is -3.13. The third kappa shape index (κ3) is 9.18. The van der Waals surface area contributed by atoms with Crippen LogP contribution in [0.15, 0.2) is 42.5 Å². The first-order valence-electron chi connectivity index (χ1n) is 14.9. The molecule has 0 bridgehead atoms. The average Bonchev–Trinajstić information content (AvgIpc) is 2.98. The van der Waals surface area contributed by atoms with Gasteiger partial charge in [-0.15, -0.1) is 0 Å². The fourth-order valence-corrected chi connectivity index (χ4v) is 6.10. The van der Waals surface area contributed by atoms with E-state index < -0.39 is 18.4 Å². The van der Waals surface area contributed by atoms with Gasteiger partial charge in [0.1, 0.15) is 36.4 Å². The molecule has 2 aliphatic heterocycles. The topological polar surface area (TPSA) is 75.7 Å². The summed E-state index contributed by atoms with van der Waals surface area (Å²) in [6.45, 7) is 3.98. The van der Waals surface area contributed by atoms with E-state index in [0.717, 1.165) is 50.8 Å². The zero-order valence-corrected chi connectivity index (χ0v) is 24.0. The number of carbonyl (C=O) groups is 3. The summed E-state index contributed by atoms with van der Waals surface area (Å²) in [4.78, 5) is 40.5. The minimum absolute atomic E-state index is 0.0206. The van der Waals surface area contributed by atoms with E-state index in [1.54, 1.807) is 24.3 Å². The van der Waals surface area contributed by atoms with Gasteiger partial charge in [-0.25, -0.2) is 8.78 Å². The highest BCUT2D eigenvalue weighted by Gasteiger charge is 2.31. The van der Waals surface area contributed by atoms with E-state index in [4.69, 9.17) is 4.74 Å². The number of benzene rings is 2. The molecule has 222 valence electrons. The van der Waals surface area contributed by atoms with E-state index in [0.29, 0.717) is 42.3 Å². The Balaban J connectivity index is 1.42. The van der Waals surface area contributed by atoms with Gasteiger partial charge in [0.05, 0.1) is 0 Å². The number of carbonyl (C=O) groups excluding carboxylic acids is 3. The van der Waals surface area contributed by atoms with Crippen LogP contribution in [0.3, 0.4) is 0 Å². The Labute approximate surface area is 241 Å². The van der Waals surface area contributed by atoms with Crippen LogP contribution in [-0.2, 0) is 14.4 Å². The van der Waals surface area contributed by atoms with Crippen LogP contribution in [0.1, 0.15) is 69.8 Å². The van der Waals surface area contributed by atoms with Crippen LogP contribution in [0.25, 0.3) is 11.1 Å². The molecule has 0 radical (unpaired) electrons. The molecule has 1 N–H and O–H groups in total. The molecule has 0 aromatic heterocycles. The van der Waals surface area contributed by atoms with Gasteiger partial charge >= 0.3 is 0 Å². The minimum Gasteiger partial charge on any atom is -0.491 e. The van der Waals surface area contributed by atoms with Gasteiger partial charge < -0.3 is 19.7 Å². The number of halogens is 2. The second kappa shape index (κ2) is 15.2. The van der Waals surface area contributed by atoms with Gasteiger partial charge in [-0.3, -0.25) is 9.59 Å². The zero-order valence-electron chi connectivity index (χ0n) is 24.0. The van der Waals surface area contributed by atoms with E-state index in [2.05, 4.69) is 5.32 Å². The van der Waals surface area contributed by atoms with Crippen LogP contribution in [0.4, 0.5) is 8.78 Å². The van der Waals surface area contributed by atoms with Gasteiger partial charge in [0.25, 0.3) is 0 Å². The Bertz CT molecular complexity index is 1180. The molecule has 41 heavy (non-hydrogen) atoms. The molecule has 8 heteroatoms. The number of piperidine rings is 2. The minimum atomic E-state index is -0.584. The van der Waals surface area contributed by atoms with Gasteiger partial charge in [0, 0.05) is 38.3 Å². The summed E-state index contributed by atoms with van der Waals surface area (Å²) in [5.74, 6) is 0.0109. The Morgan fingerprint density at radius 1 is 1.02 bits per heavy atom. The largest absolute Gasteiger partial charge is 0.491 e. The molecule has 2 atom stereocenters. The number of likely N-dealkylation sites (tertiary alicyclic amines) is 1. The molecule has 2 aromatic carbocycles. The maximum Gasteiger partial charge on any atom is 0.222 e. The maximum atomic E-state index is 14.8. The SMILES string of the molecule is CC(=O)C[C@H](CC(=O)[C@@H]1CCCN(C(=O)CCC2CCNCC2)C1)c1cc(F)cc(-c2ccc(OCCF)cc2)c1. The predicted molar refractivity (Wildman–Crippen MR) is 155 cm³/mol. The van der Waals surface area contributed by atoms with Gasteiger partial charge in [-0.1, -0.05) is 18.2 Å². The van der Waals surface area contributed by atoms with E-state index in [-0.39, 0.29) is 42.8 Å². The fourth-order valence-electron chi connectivity index (χ4n) is 6.10. The lowest BCUT2D eigenvalue weighted by Crippen LogP contribution is -2.42. The monoisotopic (exact) mass is 568 g/mol. The number of hydrogen-bond donors (Lipinski definition) is 1. The van der Waals surface area contributed by atoms with Gasteiger partial charge in [0.15, 0.2) is 0 Å². The first kappa shape index (κ1) is 30.8. The van der Waals surface area contributed by atoms with Crippen molar-refractivity contribution in [1.82, 2.24) is 10.2 Å². The number of nitrogens with one attached hydrogen (secondary N) is 1. The molecular formula is C33H42F2N2O4. The summed E-state index contributed by atoms with van der Waals surface area (Å²) in [7, 11) is 0. The third-order valence-corrected chi connectivity index (χ3v) is 8.36. The summed E-state index contributed by atoms with van der Waals surface area (Å²) in [6, 6.07) is 11.6. The molecule has 2 saturated heterocycles. The molecule has 2 heterocycles. The number of alkyl halides is 1. The third-order valence-electron chi connectivity index (χ3n) is 8.36. The number of rotatable bonds is 13. The Kier molecular flexibility index (Phi) is 11.4. The van der Waals surface area contributed by atoms with Crippen LogP contribution in [0, 0.1) is 17.7 Å². The molecule has 2 fully saturated rings. The highest BCUT2D eigenvalue weighted by Crippen LogP contribution is 2.33. The smallest absolute Gasteiger partial charge is 0.222 e. The van der Waals surface area contributed by atoms with Crippen LogP contribution in [-0.4, -0.2) is 61.8 Å².